The molecule has 1 saturated carbocycles. The number of likely N-dealkylation sites (N-methyl/N-ethyl adjacent to an activating group) is 1. The minimum absolute atomic E-state index is 0.0314. The van der Waals surface area contributed by atoms with Crippen molar-refractivity contribution in [1.29, 1.82) is 0 Å². The molecule has 7 heteroatoms. The van der Waals surface area contributed by atoms with Crippen molar-refractivity contribution in [3.63, 3.8) is 0 Å². The second-order valence-corrected chi connectivity index (χ2v) is 8.44. The van der Waals surface area contributed by atoms with E-state index in [0.29, 0.717) is 31.8 Å². The van der Waals surface area contributed by atoms with Crippen LogP contribution in [0.2, 0.25) is 0 Å². The zero-order chi connectivity index (χ0) is 18.7. The van der Waals surface area contributed by atoms with Gasteiger partial charge in [0.25, 0.3) is 5.91 Å². The minimum atomic E-state index is -3.61. The normalized spacial score (nSPS) is 17.3. The second-order valence-electron chi connectivity index (χ2n) is 6.68. The van der Waals surface area contributed by atoms with E-state index in [-0.39, 0.29) is 10.8 Å². The molecule has 1 aromatic rings. The number of carbonyl (C=O) groups is 1. The predicted molar refractivity (Wildman–Crippen MR) is 102 cm³/mol. The Balaban J connectivity index is 1.86. The Kier molecular flexibility index (Phi) is 5.79. The molecule has 0 spiro atoms. The van der Waals surface area contributed by atoms with Crippen LogP contribution in [-0.2, 0) is 19.6 Å². The fraction of sp³-hybridized carbons (Fsp3) is 0.526. The standard InChI is InChI=1S/C19H26N2O4S/c1-3-25-12-6-11-20-26(23,24)15-9-10-17-16(13-15)18(19(22)21(17)2)14-7-4-5-8-14/h9-10,13,20H,3-8,11-12H2,1-2H3. The van der Waals surface area contributed by atoms with Crippen LogP contribution < -0.4 is 9.62 Å². The first-order chi connectivity index (χ1) is 12.5. The molecule has 142 valence electrons. The van der Waals surface area contributed by atoms with Crippen LogP contribution in [0.15, 0.2) is 28.7 Å². The maximum atomic E-state index is 12.7. The lowest BCUT2D eigenvalue weighted by Gasteiger charge is -2.11. The van der Waals surface area contributed by atoms with Crippen molar-refractivity contribution in [2.45, 2.75) is 43.9 Å². The molecule has 1 aliphatic heterocycles. The molecule has 26 heavy (non-hydrogen) atoms. The van der Waals surface area contributed by atoms with E-state index in [1.807, 2.05) is 6.92 Å². The van der Waals surface area contributed by atoms with Gasteiger partial charge in [0.2, 0.25) is 10.0 Å². The number of ether oxygens (including phenoxy) is 1. The monoisotopic (exact) mass is 378 g/mol. The Bertz CT molecular complexity index is 822. The highest BCUT2D eigenvalue weighted by molar-refractivity contribution is 7.89. The summed E-state index contributed by atoms with van der Waals surface area (Å²) in [6.45, 7) is 3.38. The van der Waals surface area contributed by atoms with Crippen LogP contribution in [0, 0.1) is 0 Å². The zero-order valence-electron chi connectivity index (χ0n) is 15.4. The molecule has 1 amide bonds. The Morgan fingerprint density at radius 2 is 1.96 bits per heavy atom. The summed E-state index contributed by atoms with van der Waals surface area (Å²) in [7, 11) is -1.87. The van der Waals surface area contributed by atoms with E-state index in [4.69, 9.17) is 4.74 Å². The average Bonchev–Trinajstić information content (AvgIpc) is 3.22. The van der Waals surface area contributed by atoms with Gasteiger partial charge in [-0.1, -0.05) is 5.57 Å². The predicted octanol–water partition coefficient (Wildman–Crippen LogP) is 2.70. The van der Waals surface area contributed by atoms with Gasteiger partial charge in [0.15, 0.2) is 0 Å². The Labute approximate surface area is 155 Å². The van der Waals surface area contributed by atoms with Gasteiger partial charge in [-0.2, -0.15) is 0 Å². The molecule has 0 unspecified atom stereocenters. The summed E-state index contributed by atoms with van der Waals surface area (Å²) in [5, 5.41) is 0. The molecule has 0 bridgehead atoms. The summed E-state index contributed by atoms with van der Waals surface area (Å²) in [6, 6.07) is 4.93. The Morgan fingerprint density at radius 1 is 1.23 bits per heavy atom. The van der Waals surface area contributed by atoms with Crippen molar-refractivity contribution >= 4 is 27.2 Å². The third-order valence-corrected chi connectivity index (χ3v) is 6.41. The third-order valence-electron chi connectivity index (χ3n) is 4.95. The summed E-state index contributed by atoms with van der Waals surface area (Å²) in [4.78, 5) is 14.5. The lowest BCUT2D eigenvalue weighted by molar-refractivity contribution is -0.112. The number of allylic oxidation sites excluding steroid dienone is 1. The van der Waals surface area contributed by atoms with Crippen LogP contribution >= 0.6 is 0 Å². The smallest absolute Gasteiger partial charge is 0.258 e. The van der Waals surface area contributed by atoms with Gasteiger partial charge in [-0.25, -0.2) is 13.1 Å². The number of sulfonamides is 1. The third kappa shape index (κ3) is 3.70. The van der Waals surface area contributed by atoms with Crippen LogP contribution in [0.25, 0.3) is 5.57 Å². The van der Waals surface area contributed by atoms with Crippen LogP contribution in [0.4, 0.5) is 5.69 Å². The van der Waals surface area contributed by atoms with E-state index in [9.17, 15) is 13.2 Å². The van der Waals surface area contributed by atoms with Gasteiger partial charge in [-0.05, 0) is 57.2 Å². The first-order valence-electron chi connectivity index (χ1n) is 9.17. The number of hydrogen-bond donors (Lipinski definition) is 1. The molecule has 2 aliphatic rings. The molecule has 1 aliphatic carbocycles. The lowest BCUT2D eigenvalue weighted by Crippen LogP contribution is -2.25. The molecular formula is C19H26N2O4S. The SMILES string of the molecule is CCOCCCNS(=O)(=O)c1ccc2c(c1)C(=C1CCCC1)C(=O)N2C. The van der Waals surface area contributed by atoms with Crippen molar-refractivity contribution in [3.05, 3.63) is 29.3 Å². The van der Waals surface area contributed by atoms with Crippen molar-refractivity contribution in [2.24, 2.45) is 0 Å². The first kappa shape index (κ1) is 19.1. The number of anilines is 1. The highest BCUT2D eigenvalue weighted by Crippen LogP contribution is 2.42. The molecule has 0 atom stereocenters. The number of carbonyl (C=O) groups excluding carboxylic acids is 1. The number of rotatable bonds is 7. The van der Waals surface area contributed by atoms with Crippen molar-refractivity contribution < 1.29 is 17.9 Å². The van der Waals surface area contributed by atoms with E-state index in [0.717, 1.165) is 42.5 Å². The highest BCUT2D eigenvalue weighted by Gasteiger charge is 2.34. The fourth-order valence-corrected chi connectivity index (χ4v) is 4.67. The quantitative estimate of drug-likeness (QED) is 0.585. The van der Waals surface area contributed by atoms with Crippen molar-refractivity contribution in [3.8, 4) is 0 Å². The molecule has 0 aromatic heterocycles. The van der Waals surface area contributed by atoms with Gasteiger partial charge in [0.1, 0.15) is 0 Å². The molecule has 0 saturated heterocycles. The fourth-order valence-electron chi connectivity index (χ4n) is 3.57. The number of nitrogens with one attached hydrogen (secondary N) is 1. The molecule has 1 fully saturated rings. The largest absolute Gasteiger partial charge is 0.382 e. The number of amides is 1. The van der Waals surface area contributed by atoms with E-state index in [1.54, 1.807) is 30.1 Å². The molecule has 6 nitrogen and oxygen atoms in total. The maximum absolute atomic E-state index is 12.7. The van der Waals surface area contributed by atoms with Gasteiger partial charge in [-0.15, -0.1) is 0 Å². The van der Waals surface area contributed by atoms with Crippen LogP contribution in [0.5, 0.6) is 0 Å². The Hall–Kier alpha value is -1.70. The van der Waals surface area contributed by atoms with Crippen molar-refractivity contribution in [1.82, 2.24) is 4.72 Å². The maximum Gasteiger partial charge on any atom is 0.258 e. The van der Waals surface area contributed by atoms with Gasteiger partial charge < -0.3 is 9.64 Å². The number of benzene rings is 1. The topological polar surface area (TPSA) is 75.7 Å². The summed E-state index contributed by atoms with van der Waals surface area (Å²) in [5.41, 5.74) is 3.37. The summed E-state index contributed by atoms with van der Waals surface area (Å²) >= 11 is 0. The number of fused-ring (bicyclic) bond motifs is 1. The summed E-state index contributed by atoms with van der Waals surface area (Å²) in [5.74, 6) is -0.0314. The number of nitrogens with zero attached hydrogens (tertiary/aromatic N) is 1. The average molecular weight is 378 g/mol. The van der Waals surface area contributed by atoms with E-state index in [1.165, 1.54) is 0 Å². The van der Waals surface area contributed by atoms with Gasteiger partial charge in [-0.3, -0.25) is 4.79 Å². The zero-order valence-corrected chi connectivity index (χ0v) is 16.2. The highest BCUT2D eigenvalue weighted by atomic mass is 32.2. The molecule has 1 aromatic carbocycles. The van der Waals surface area contributed by atoms with E-state index >= 15 is 0 Å². The van der Waals surface area contributed by atoms with Gasteiger partial charge in [0, 0.05) is 37.9 Å². The molecule has 3 rings (SSSR count). The van der Waals surface area contributed by atoms with Crippen LogP contribution in [-0.4, -0.2) is 41.1 Å². The summed E-state index contributed by atoms with van der Waals surface area (Å²) < 4.78 is 33.0. The summed E-state index contributed by atoms with van der Waals surface area (Å²) in [6.07, 6.45) is 4.63. The van der Waals surface area contributed by atoms with Gasteiger partial charge in [0.05, 0.1) is 10.6 Å². The minimum Gasteiger partial charge on any atom is -0.382 e. The van der Waals surface area contributed by atoms with Crippen LogP contribution in [0.3, 0.4) is 0 Å². The van der Waals surface area contributed by atoms with Crippen molar-refractivity contribution in [2.75, 3.05) is 31.7 Å². The Morgan fingerprint density at radius 3 is 2.65 bits per heavy atom. The molecule has 1 heterocycles. The molecule has 0 radical (unpaired) electrons. The van der Waals surface area contributed by atoms with E-state index < -0.39 is 10.0 Å². The lowest BCUT2D eigenvalue weighted by atomic mass is 10.00. The number of hydrogen-bond acceptors (Lipinski definition) is 4. The first-order valence-corrected chi connectivity index (χ1v) is 10.7. The van der Waals surface area contributed by atoms with E-state index in [2.05, 4.69) is 4.72 Å². The van der Waals surface area contributed by atoms with Gasteiger partial charge >= 0.3 is 0 Å². The molecular weight excluding hydrogens is 352 g/mol. The van der Waals surface area contributed by atoms with Crippen LogP contribution in [0.1, 0.15) is 44.6 Å². The molecule has 1 N–H and O–H groups in total. The second kappa shape index (κ2) is 7.90.